The number of carbonyl (C=O) groups is 1. The van der Waals surface area contributed by atoms with Gasteiger partial charge in [-0.25, -0.2) is 4.79 Å². The molecule has 0 unspecified atom stereocenters. The van der Waals surface area contributed by atoms with Crippen LogP contribution >= 0.6 is 11.6 Å². The summed E-state index contributed by atoms with van der Waals surface area (Å²) in [7, 11) is 1.60. The minimum Gasteiger partial charge on any atom is -0.495 e. The number of rotatable bonds is 3. The number of carbonyl (C=O) groups excluding carboxylic acids is 1. The second-order valence-electron chi connectivity index (χ2n) is 6.04. The Morgan fingerprint density at radius 2 is 2.00 bits per heavy atom. The molecule has 1 aliphatic heterocycles. The highest BCUT2D eigenvalue weighted by Gasteiger charge is 2.30. The Morgan fingerprint density at radius 3 is 2.71 bits per heavy atom. The number of hydrogen-bond acceptors (Lipinski definition) is 2. The van der Waals surface area contributed by atoms with Crippen molar-refractivity contribution in [3.8, 4) is 5.75 Å². The van der Waals surface area contributed by atoms with E-state index in [9.17, 15) is 4.79 Å². The molecule has 3 rings (SSSR count). The van der Waals surface area contributed by atoms with Gasteiger partial charge in [0.25, 0.3) is 0 Å². The molecule has 0 aliphatic carbocycles. The van der Waals surface area contributed by atoms with Gasteiger partial charge in [0.15, 0.2) is 0 Å². The molecule has 0 saturated carbocycles. The summed E-state index contributed by atoms with van der Waals surface area (Å²) in [4.78, 5) is 14.7. The molecular formula is C19H21ClN2O2. The van der Waals surface area contributed by atoms with Gasteiger partial charge in [0, 0.05) is 11.6 Å². The Morgan fingerprint density at radius 1 is 1.25 bits per heavy atom. The van der Waals surface area contributed by atoms with Crippen LogP contribution in [0.15, 0.2) is 42.5 Å². The number of halogens is 1. The molecule has 1 atom stereocenters. The number of likely N-dealkylation sites (tertiary alicyclic amines) is 1. The largest absolute Gasteiger partial charge is 0.495 e. The fourth-order valence-electron chi connectivity index (χ4n) is 3.15. The third-order valence-corrected chi connectivity index (χ3v) is 4.62. The number of methoxy groups -OCH3 is 1. The number of benzene rings is 2. The highest BCUT2D eigenvalue weighted by atomic mass is 35.5. The SMILES string of the molecule is COc1ccc(C)cc1NC(=O)N1CCC[C@H]1c1ccc(Cl)cc1. The lowest BCUT2D eigenvalue weighted by molar-refractivity contribution is 0.207. The first-order chi connectivity index (χ1) is 11.6. The zero-order valence-corrected chi connectivity index (χ0v) is 14.6. The van der Waals surface area contributed by atoms with Gasteiger partial charge in [-0.15, -0.1) is 0 Å². The van der Waals surface area contributed by atoms with Gasteiger partial charge in [-0.05, 0) is 55.2 Å². The van der Waals surface area contributed by atoms with Crippen molar-refractivity contribution in [2.75, 3.05) is 19.0 Å². The van der Waals surface area contributed by atoms with E-state index in [1.54, 1.807) is 7.11 Å². The van der Waals surface area contributed by atoms with Gasteiger partial charge >= 0.3 is 6.03 Å². The molecule has 1 aliphatic rings. The smallest absolute Gasteiger partial charge is 0.322 e. The molecule has 0 bridgehead atoms. The van der Waals surface area contributed by atoms with E-state index < -0.39 is 0 Å². The summed E-state index contributed by atoms with van der Waals surface area (Å²) in [6.07, 6.45) is 1.95. The first-order valence-corrected chi connectivity index (χ1v) is 8.44. The average Bonchev–Trinajstić information content (AvgIpc) is 3.05. The van der Waals surface area contributed by atoms with E-state index in [4.69, 9.17) is 16.3 Å². The van der Waals surface area contributed by atoms with E-state index >= 15 is 0 Å². The van der Waals surface area contributed by atoms with E-state index in [2.05, 4.69) is 5.32 Å². The third kappa shape index (κ3) is 3.49. The maximum atomic E-state index is 12.8. The molecule has 2 amide bonds. The van der Waals surface area contributed by atoms with E-state index in [0.29, 0.717) is 16.5 Å². The average molecular weight is 345 g/mol. The van der Waals surface area contributed by atoms with Gasteiger partial charge in [-0.2, -0.15) is 0 Å². The number of hydrogen-bond donors (Lipinski definition) is 1. The van der Waals surface area contributed by atoms with E-state index in [1.807, 2.05) is 54.3 Å². The third-order valence-electron chi connectivity index (χ3n) is 4.37. The van der Waals surface area contributed by atoms with Crippen molar-refractivity contribution in [1.82, 2.24) is 4.90 Å². The summed E-state index contributed by atoms with van der Waals surface area (Å²) in [5, 5.41) is 3.70. The minimum absolute atomic E-state index is 0.0815. The van der Waals surface area contributed by atoms with Crippen LogP contribution in [0.25, 0.3) is 0 Å². The number of nitrogens with one attached hydrogen (secondary N) is 1. The van der Waals surface area contributed by atoms with Gasteiger partial charge < -0.3 is 15.0 Å². The highest BCUT2D eigenvalue weighted by molar-refractivity contribution is 6.30. The first kappa shape index (κ1) is 16.7. The predicted molar refractivity (Wildman–Crippen MR) is 96.9 cm³/mol. The van der Waals surface area contributed by atoms with Crippen LogP contribution in [-0.4, -0.2) is 24.6 Å². The summed E-state index contributed by atoms with van der Waals surface area (Å²) in [6, 6.07) is 13.5. The molecule has 1 heterocycles. The van der Waals surface area contributed by atoms with Crippen LogP contribution in [0.1, 0.15) is 30.0 Å². The maximum Gasteiger partial charge on any atom is 0.322 e. The van der Waals surface area contributed by atoms with Gasteiger partial charge in [-0.3, -0.25) is 0 Å². The van der Waals surface area contributed by atoms with Gasteiger partial charge in [0.2, 0.25) is 0 Å². The molecule has 24 heavy (non-hydrogen) atoms. The standard InChI is InChI=1S/C19H21ClN2O2/c1-13-5-10-18(24-2)16(12-13)21-19(23)22-11-3-4-17(22)14-6-8-15(20)9-7-14/h5-10,12,17H,3-4,11H2,1-2H3,(H,21,23)/t17-/m0/s1. The fraction of sp³-hybridized carbons (Fsp3) is 0.316. The normalized spacial score (nSPS) is 17.0. The quantitative estimate of drug-likeness (QED) is 0.848. The Bertz CT molecular complexity index is 731. The zero-order chi connectivity index (χ0) is 17.1. The molecular weight excluding hydrogens is 324 g/mol. The first-order valence-electron chi connectivity index (χ1n) is 8.06. The van der Waals surface area contributed by atoms with Crippen molar-refractivity contribution in [2.24, 2.45) is 0 Å². The van der Waals surface area contributed by atoms with E-state index in [0.717, 1.165) is 30.5 Å². The summed E-state index contributed by atoms with van der Waals surface area (Å²) in [6.45, 7) is 2.73. The number of aryl methyl sites for hydroxylation is 1. The lowest BCUT2D eigenvalue weighted by atomic mass is 10.1. The van der Waals surface area contributed by atoms with Crippen LogP contribution < -0.4 is 10.1 Å². The Hall–Kier alpha value is -2.20. The predicted octanol–water partition coefficient (Wildman–Crippen LogP) is 5.03. The molecule has 4 nitrogen and oxygen atoms in total. The van der Waals surface area contributed by atoms with Crippen LogP contribution in [0.3, 0.4) is 0 Å². The summed E-state index contributed by atoms with van der Waals surface area (Å²) in [5.41, 5.74) is 2.88. The highest BCUT2D eigenvalue weighted by Crippen LogP contribution is 2.34. The van der Waals surface area contributed by atoms with E-state index in [1.165, 1.54) is 0 Å². The molecule has 0 spiro atoms. The number of amides is 2. The lowest BCUT2D eigenvalue weighted by Crippen LogP contribution is -2.34. The molecule has 0 radical (unpaired) electrons. The number of ether oxygens (including phenoxy) is 1. The lowest BCUT2D eigenvalue weighted by Gasteiger charge is -2.26. The summed E-state index contributed by atoms with van der Waals surface area (Å²) in [5.74, 6) is 0.663. The second-order valence-corrected chi connectivity index (χ2v) is 6.47. The van der Waals surface area contributed by atoms with Gasteiger partial charge in [0.1, 0.15) is 5.75 Å². The maximum absolute atomic E-state index is 12.8. The van der Waals surface area contributed by atoms with Crippen molar-refractivity contribution in [3.63, 3.8) is 0 Å². The van der Waals surface area contributed by atoms with Crippen molar-refractivity contribution < 1.29 is 9.53 Å². The number of anilines is 1. The second kappa shape index (κ2) is 7.14. The molecule has 2 aromatic rings. The van der Waals surface area contributed by atoms with Crippen molar-refractivity contribution in [2.45, 2.75) is 25.8 Å². The molecule has 5 heteroatoms. The van der Waals surface area contributed by atoms with Gasteiger partial charge in [0.05, 0.1) is 18.8 Å². The number of nitrogens with zero attached hydrogens (tertiary/aromatic N) is 1. The zero-order valence-electron chi connectivity index (χ0n) is 13.9. The Labute approximate surface area is 147 Å². The molecule has 1 N–H and O–H groups in total. The van der Waals surface area contributed by atoms with Gasteiger partial charge in [-0.1, -0.05) is 29.8 Å². The van der Waals surface area contributed by atoms with Crippen LogP contribution in [0.2, 0.25) is 5.02 Å². The molecule has 0 aromatic heterocycles. The summed E-state index contributed by atoms with van der Waals surface area (Å²) >= 11 is 5.97. The van der Waals surface area contributed by atoms with Crippen molar-refractivity contribution in [3.05, 3.63) is 58.6 Å². The summed E-state index contributed by atoms with van der Waals surface area (Å²) < 4.78 is 5.34. The van der Waals surface area contributed by atoms with Crippen LogP contribution in [0.4, 0.5) is 10.5 Å². The monoisotopic (exact) mass is 344 g/mol. The van der Waals surface area contributed by atoms with Crippen molar-refractivity contribution in [1.29, 1.82) is 0 Å². The van der Waals surface area contributed by atoms with E-state index in [-0.39, 0.29) is 12.1 Å². The molecule has 126 valence electrons. The van der Waals surface area contributed by atoms with Crippen LogP contribution in [-0.2, 0) is 0 Å². The number of urea groups is 1. The van der Waals surface area contributed by atoms with Crippen LogP contribution in [0, 0.1) is 6.92 Å². The fourth-order valence-corrected chi connectivity index (χ4v) is 3.27. The Balaban J connectivity index is 1.79. The van der Waals surface area contributed by atoms with Crippen molar-refractivity contribution >= 4 is 23.3 Å². The minimum atomic E-state index is -0.101. The molecule has 1 fully saturated rings. The molecule has 2 aromatic carbocycles. The molecule has 1 saturated heterocycles. The Kier molecular flexibility index (Phi) is 4.95. The van der Waals surface area contributed by atoms with Crippen LogP contribution in [0.5, 0.6) is 5.75 Å². The topological polar surface area (TPSA) is 41.6 Å².